The van der Waals surface area contributed by atoms with E-state index in [-0.39, 0.29) is 23.3 Å². The summed E-state index contributed by atoms with van der Waals surface area (Å²) in [6, 6.07) is 6.02. The third-order valence-electron chi connectivity index (χ3n) is 7.93. The number of pyridine rings is 1. The quantitative estimate of drug-likeness (QED) is 0.329. The van der Waals surface area contributed by atoms with Gasteiger partial charge in [0.05, 0.1) is 0 Å². The average molecular weight is 518 g/mol. The minimum atomic E-state index is -4.75. The van der Waals surface area contributed by atoms with Crippen molar-refractivity contribution in [2.24, 2.45) is 11.8 Å². The van der Waals surface area contributed by atoms with Gasteiger partial charge in [-0.3, -0.25) is 0 Å². The standard InChI is InChI=1S/C30H32F5NO/c1-17(2)5-4-6-18-7-8-19(11-27(18)31)24-13-22(29(3,32)14-26(24)30(33,34)35)16-37-28-12-21-9-20-10-23(20)25(21)15-36-28/h7-8,11-13,15,17,20,23H,4-6,9-10,14,16H2,1-3H3. The molecule has 0 N–H and O–H groups in total. The fourth-order valence-electron chi connectivity index (χ4n) is 5.64. The predicted molar refractivity (Wildman–Crippen MR) is 134 cm³/mol. The Morgan fingerprint density at radius 1 is 1.19 bits per heavy atom. The molecule has 0 radical (unpaired) electrons. The Bertz CT molecular complexity index is 1260. The maximum absolute atomic E-state index is 15.6. The number of benzene rings is 1. The molecule has 0 saturated heterocycles. The van der Waals surface area contributed by atoms with Crippen molar-refractivity contribution in [1.82, 2.24) is 4.98 Å². The minimum absolute atomic E-state index is 0.0714. The van der Waals surface area contributed by atoms with E-state index in [4.69, 9.17) is 4.74 Å². The highest BCUT2D eigenvalue weighted by Gasteiger charge is 2.46. The lowest BCUT2D eigenvalue weighted by Gasteiger charge is -2.32. The van der Waals surface area contributed by atoms with E-state index < -0.39 is 29.7 Å². The number of aromatic nitrogens is 1. The van der Waals surface area contributed by atoms with E-state index in [0.717, 1.165) is 32.3 Å². The minimum Gasteiger partial charge on any atom is -0.473 e. The number of hydrogen-bond donors (Lipinski definition) is 0. The molecule has 3 unspecified atom stereocenters. The van der Waals surface area contributed by atoms with Gasteiger partial charge < -0.3 is 4.74 Å². The SMILES string of the molecule is CC(C)CCCc1ccc(C2=C(C(F)(F)F)CC(C)(F)C(COc3cc4c(cn3)C3CC3C4)=C2)cc1F. The number of halogens is 5. The van der Waals surface area contributed by atoms with Gasteiger partial charge in [-0.15, -0.1) is 0 Å². The zero-order chi connectivity index (χ0) is 26.5. The summed E-state index contributed by atoms with van der Waals surface area (Å²) in [5.41, 5.74) is -0.434. The summed E-state index contributed by atoms with van der Waals surface area (Å²) in [6.07, 6.45) is 1.78. The van der Waals surface area contributed by atoms with E-state index in [1.807, 2.05) is 6.07 Å². The van der Waals surface area contributed by atoms with Crippen LogP contribution < -0.4 is 4.74 Å². The molecule has 0 amide bonds. The Balaban J connectivity index is 1.40. The Morgan fingerprint density at radius 3 is 2.68 bits per heavy atom. The number of rotatable bonds is 8. The highest BCUT2D eigenvalue weighted by molar-refractivity contribution is 5.80. The fourth-order valence-corrected chi connectivity index (χ4v) is 5.64. The summed E-state index contributed by atoms with van der Waals surface area (Å²) >= 11 is 0. The molecular weight excluding hydrogens is 485 g/mol. The van der Waals surface area contributed by atoms with Gasteiger partial charge in [0.15, 0.2) is 0 Å². The Morgan fingerprint density at radius 2 is 1.97 bits per heavy atom. The normalized spacial score (nSPS) is 24.7. The molecule has 0 bridgehead atoms. The topological polar surface area (TPSA) is 22.1 Å². The predicted octanol–water partition coefficient (Wildman–Crippen LogP) is 8.31. The molecule has 1 aromatic heterocycles. The van der Waals surface area contributed by atoms with Gasteiger partial charge in [-0.05, 0) is 90.3 Å². The van der Waals surface area contributed by atoms with Crippen LogP contribution in [0.25, 0.3) is 5.57 Å². The first-order chi connectivity index (χ1) is 17.4. The summed E-state index contributed by atoms with van der Waals surface area (Å²) in [5, 5.41) is 0. The van der Waals surface area contributed by atoms with Crippen LogP contribution in [0.15, 0.2) is 47.7 Å². The van der Waals surface area contributed by atoms with E-state index in [1.54, 1.807) is 6.20 Å². The molecule has 5 rings (SSSR count). The first kappa shape index (κ1) is 25.9. The molecule has 1 aromatic carbocycles. The highest BCUT2D eigenvalue weighted by atomic mass is 19.4. The zero-order valence-corrected chi connectivity index (χ0v) is 21.4. The van der Waals surface area contributed by atoms with E-state index in [9.17, 15) is 17.6 Å². The van der Waals surface area contributed by atoms with Crippen LogP contribution in [0.1, 0.15) is 74.6 Å². The van der Waals surface area contributed by atoms with E-state index >= 15 is 4.39 Å². The second-order valence-electron chi connectivity index (χ2n) is 11.3. The molecule has 0 spiro atoms. The smallest absolute Gasteiger partial charge is 0.413 e. The molecule has 3 aliphatic carbocycles. The van der Waals surface area contributed by atoms with Crippen molar-refractivity contribution >= 4 is 5.57 Å². The van der Waals surface area contributed by atoms with Gasteiger partial charge in [0.2, 0.25) is 5.88 Å². The van der Waals surface area contributed by atoms with Crippen molar-refractivity contribution in [3.05, 3.63) is 75.8 Å². The molecule has 1 saturated carbocycles. The van der Waals surface area contributed by atoms with E-state index in [1.165, 1.54) is 35.8 Å². The number of allylic oxidation sites excluding steroid dienone is 3. The molecule has 0 aliphatic heterocycles. The number of ether oxygens (including phenoxy) is 1. The van der Waals surface area contributed by atoms with Crippen LogP contribution in [0, 0.1) is 17.7 Å². The van der Waals surface area contributed by atoms with Crippen LogP contribution >= 0.6 is 0 Å². The number of fused-ring (bicyclic) bond motifs is 3. The van der Waals surface area contributed by atoms with Crippen LogP contribution in [0.3, 0.4) is 0 Å². The number of hydrogen-bond acceptors (Lipinski definition) is 2. The Hall–Kier alpha value is -2.70. The lowest BCUT2D eigenvalue weighted by atomic mass is 9.80. The summed E-state index contributed by atoms with van der Waals surface area (Å²) in [6.45, 7) is 5.06. The van der Waals surface area contributed by atoms with Gasteiger partial charge in [0.25, 0.3) is 0 Å². The van der Waals surface area contributed by atoms with Gasteiger partial charge >= 0.3 is 6.18 Å². The van der Waals surface area contributed by atoms with E-state index in [2.05, 4.69) is 18.8 Å². The maximum Gasteiger partial charge on any atom is 0.413 e. The lowest BCUT2D eigenvalue weighted by Crippen LogP contribution is -2.33. The Kier molecular flexibility index (Phi) is 6.70. The van der Waals surface area contributed by atoms with Crippen molar-refractivity contribution in [3.63, 3.8) is 0 Å². The zero-order valence-electron chi connectivity index (χ0n) is 21.4. The number of nitrogens with zero attached hydrogens (tertiary/aromatic N) is 1. The second kappa shape index (κ2) is 9.55. The van der Waals surface area contributed by atoms with Crippen molar-refractivity contribution < 1.29 is 26.7 Å². The lowest BCUT2D eigenvalue weighted by molar-refractivity contribution is -0.0969. The van der Waals surface area contributed by atoms with Gasteiger partial charge in [-0.2, -0.15) is 13.2 Å². The average Bonchev–Trinajstić information content (AvgIpc) is 3.48. The van der Waals surface area contributed by atoms with Crippen molar-refractivity contribution in [3.8, 4) is 5.88 Å². The summed E-state index contributed by atoms with van der Waals surface area (Å²) < 4.78 is 78.2. The summed E-state index contributed by atoms with van der Waals surface area (Å²) in [5.74, 6) is 1.54. The summed E-state index contributed by atoms with van der Waals surface area (Å²) in [4.78, 5) is 4.33. The monoisotopic (exact) mass is 517 g/mol. The first-order valence-corrected chi connectivity index (χ1v) is 13.0. The molecule has 2 nitrogen and oxygen atoms in total. The van der Waals surface area contributed by atoms with Gasteiger partial charge in [-0.1, -0.05) is 32.4 Å². The summed E-state index contributed by atoms with van der Waals surface area (Å²) in [7, 11) is 0. The largest absolute Gasteiger partial charge is 0.473 e. The maximum atomic E-state index is 15.6. The molecule has 37 heavy (non-hydrogen) atoms. The van der Waals surface area contributed by atoms with E-state index in [0.29, 0.717) is 35.6 Å². The van der Waals surface area contributed by atoms with Crippen molar-refractivity contribution in [2.45, 2.75) is 77.1 Å². The van der Waals surface area contributed by atoms with Crippen molar-refractivity contribution in [1.29, 1.82) is 0 Å². The highest BCUT2D eigenvalue weighted by Crippen LogP contribution is 2.56. The van der Waals surface area contributed by atoms with Crippen LogP contribution in [0.4, 0.5) is 22.0 Å². The number of aryl methyl sites for hydroxylation is 1. The second-order valence-corrected chi connectivity index (χ2v) is 11.3. The number of alkyl halides is 4. The molecule has 1 fully saturated rings. The van der Waals surface area contributed by atoms with Gasteiger partial charge in [0.1, 0.15) is 18.1 Å². The van der Waals surface area contributed by atoms with Crippen LogP contribution in [-0.2, 0) is 12.8 Å². The molecule has 7 heteroatoms. The molecule has 2 aromatic rings. The van der Waals surface area contributed by atoms with Crippen LogP contribution in [-0.4, -0.2) is 23.4 Å². The van der Waals surface area contributed by atoms with Crippen LogP contribution in [0.5, 0.6) is 5.88 Å². The Labute approximate surface area is 214 Å². The fraction of sp³-hybridized carbons (Fsp3) is 0.500. The van der Waals surface area contributed by atoms with Gasteiger partial charge in [0, 0.05) is 29.8 Å². The molecule has 3 atom stereocenters. The third-order valence-corrected chi connectivity index (χ3v) is 7.93. The van der Waals surface area contributed by atoms with Crippen LogP contribution in [0.2, 0.25) is 0 Å². The molecule has 198 valence electrons. The van der Waals surface area contributed by atoms with Gasteiger partial charge in [-0.25, -0.2) is 13.8 Å². The van der Waals surface area contributed by atoms with Crippen molar-refractivity contribution in [2.75, 3.05) is 6.61 Å². The third kappa shape index (κ3) is 5.46. The molecule has 3 aliphatic rings. The molecular formula is C30H32F5NO. The molecule has 1 heterocycles. The first-order valence-electron chi connectivity index (χ1n) is 13.0.